The van der Waals surface area contributed by atoms with E-state index in [-0.39, 0.29) is 5.41 Å². The lowest BCUT2D eigenvalue weighted by atomic mass is 9.93. The smallest absolute Gasteiger partial charge is 0.122 e. The number of phenolic OH excluding ortho intramolecular Hbond substituents is 1. The number of phenols is 1. The molecule has 0 saturated heterocycles. The summed E-state index contributed by atoms with van der Waals surface area (Å²) in [7, 11) is 1.64. The van der Waals surface area contributed by atoms with Crippen molar-refractivity contribution in [2.24, 2.45) is 5.73 Å². The van der Waals surface area contributed by atoms with Crippen LogP contribution in [0.1, 0.15) is 24.0 Å². The standard InChI is InChI=1S/C12H17NO2/c1-8-5-9(15-2)6-10(11(8)14)12(7-13)3-4-12/h5-6,14H,3-4,7,13H2,1-2H3. The summed E-state index contributed by atoms with van der Waals surface area (Å²) >= 11 is 0. The Morgan fingerprint density at radius 1 is 1.47 bits per heavy atom. The molecule has 1 fully saturated rings. The highest BCUT2D eigenvalue weighted by Gasteiger charge is 2.45. The molecule has 2 rings (SSSR count). The fraction of sp³-hybridized carbons (Fsp3) is 0.500. The van der Waals surface area contributed by atoms with Crippen molar-refractivity contribution in [2.75, 3.05) is 13.7 Å². The number of methoxy groups -OCH3 is 1. The highest BCUT2D eigenvalue weighted by Crippen LogP contribution is 2.51. The molecule has 0 heterocycles. The van der Waals surface area contributed by atoms with Gasteiger partial charge in [0, 0.05) is 17.5 Å². The molecule has 1 saturated carbocycles. The Balaban J connectivity index is 2.50. The summed E-state index contributed by atoms with van der Waals surface area (Å²) in [4.78, 5) is 0. The van der Waals surface area contributed by atoms with Crippen LogP contribution in [0.25, 0.3) is 0 Å². The van der Waals surface area contributed by atoms with Crippen LogP contribution in [0.2, 0.25) is 0 Å². The quantitative estimate of drug-likeness (QED) is 0.793. The van der Waals surface area contributed by atoms with Crippen LogP contribution in [-0.4, -0.2) is 18.8 Å². The van der Waals surface area contributed by atoms with Gasteiger partial charge in [0.25, 0.3) is 0 Å². The molecular weight excluding hydrogens is 190 g/mol. The second-order valence-corrected chi connectivity index (χ2v) is 4.32. The van der Waals surface area contributed by atoms with Gasteiger partial charge in [-0.05, 0) is 37.5 Å². The van der Waals surface area contributed by atoms with Crippen molar-refractivity contribution >= 4 is 0 Å². The highest BCUT2D eigenvalue weighted by atomic mass is 16.5. The zero-order chi connectivity index (χ0) is 11.1. The van der Waals surface area contributed by atoms with Crippen LogP contribution in [0, 0.1) is 6.92 Å². The summed E-state index contributed by atoms with van der Waals surface area (Å²) < 4.78 is 5.21. The van der Waals surface area contributed by atoms with Gasteiger partial charge in [-0.3, -0.25) is 0 Å². The second-order valence-electron chi connectivity index (χ2n) is 4.32. The minimum absolute atomic E-state index is 0.00336. The number of aromatic hydroxyl groups is 1. The van der Waals surface area contributed by atoms with Crippen molar-refractivity contribution in [3.05, 3.63) is 23.3 Å². The number of hydrogen-bond donors (Lipinski definition) is 2. The fourth-order valence-electron chi connectivity index (χ4n) is 2.00. The summed E-state index contributed by atoms with van der Waals surface area (Å²) in [5.41, 5.74) is 7.56. The molecule has 1 aromatic rings. The van der Waals surface area contributed by atoms with Gasteiger partial charge in [0.05, 0.1) is 7.11 Å². The van der Waals surface area contributed by atoms with E-state index < -0.39 is 0 Å². The first-order valence-corrected chi connectivity index (χ1v) is 5.21. The largest absolute Gasteiger partial charge is 0.507 e. The van der Waals surface area contributed by atoms with Gasteiger partial charge < -0.3 is 15.6 Å². The number of benzene rings is 1. The van der Waals surface area contributed by atoms with Crippen LogP contribution in [0.15, 0.2) is 12.1 Å². The maximum atomic E-state index is 10.0. The monoisotopic (exact) mass is 207 g/mol. The van der Waals surface area contributed by atoms with E-state index >= 15 is 0 Å². The third kappa shape index (κ3) is 1.57. The van der Waals surface area contributed by atoms with E-state index in [0.29, 0.717) is 12.3 Å². The Bertz CT molecular complexity index is 383. The number of hydrogen-bond acceptors (Lipinski definition) is 3. The normalized spacial score (nSPS) is 17.5. The molecule has 0 unspecified atom stereocenters. The van der Waals surface area contributed by atoms with Crippen molar-refractivity contribution in [3.63, 3.8) is 0 Å². The molecule has 3 N–H and O–H groups in total. The second kappa shape index (κ2) is 3.42. The molecule has 0 atom stereocenters. The van der Waals surface area contributed by atoms with Crippen molar-refractivity contribution in [1.29, 1.82) is 0 Å². The van der Waals surface area contributed by atoms with E-state index in [1.54, 1.807) is 7.11 Å². The highest BCUT2D eigenvalue weighted by molar-refractivity contribution is 5.51. The van der Waals surface area contributed by atoms with Gasteiger partial charge in [-0.25, -0.2) is 0 Å². The van der Waals surface area contributed by atoms with Crippen LogP contribution in [-0.2, 0) is 5.41 Å². The summed E-state index contributed by atoms with van der Waals surface area (Å²) in [5, 5.41) is 10.0. The Kier molecular flexibility index (Phi) is 2.35. The van der Waals surface area contributed by atoms with Gasteiger partial charge in [0.15, 0.2) is 0 Å². The number of aryl methyl sites for hydroxylation is 1. The Morgan fingerprint density at radius 2 is 2.13 bits per heavy atom. The molecule has 1 aromatic carbocycles. The maximum Gasteiger partial charge on any atom is 0.122 e. The molecule has 0 bridgehead atoms. The molecule has 3 heteroatoms. The van der Waals surface area contributed by atoms with E-state index in [0.717, 1.165) is 29.7 Å². The Hall–Kier alpha value is -1.22. The third-order valence-electron chi connectivity index (χ3n) is 3.33. The van der Waals surface area contributed by atoms with Crippen LogP contribution in [0.4, 0.5) is 0 Å². The number of nitrogens with two attached hydrogens (primary N) is 1. The van der Waals surface area contributed by atoms with E-state index in [9.17, 15) is 5.11 Å². The molecule has 1 aliphatic carbocycles. The first-order valence-electron chi connectivity index (χ1n) is 5.21. The first kappa shape index (κ1) is 10.3. The van der Waals surface area contributed by atoms with Gasteiger partial charge in [-0.15, -0.1) is 0 Å². The SMILES string of the molecule is COc1cc(C)c(O)c(C2(CN)CC2)c1. The zero-order valence-electron chi connectivity index (χ0n) is 9.21. The van der Waals surface area contributed by atoms with Gasteiger partial charge in [-0.2, -0.15) is 0 Å². The van der Waals surface area contributed by atoms with Gasteiger partial charge >= 0.3 is 0 Å². The van der Waals surface area contributed by atoms with Crippen molar-refractivity contribution < 1.29 is 9.84 Å². The molecule has 82 valence electrons. The maximum absolute atomic E-state index is 10.0. The minimum Gasteiger partial charge on any atom is -0.507 e. The summed E-state index contributed by atoms with van der Waals surface area (Å²) in [5.74, 6) is 1.17. The average Bonchev–Trinajstić information content (AvgIpc) is 3.02. The van der Waals surface area contributed by atoms with Crippen LogP contribution >= 0.6 is 0 Å². The summed E-state index contributed by atoms with van der Waals surface area (Å²) in [6.45, 7) is 2.47. The lowest BCUT2D eigenvalue weighted by molar-refractivity contribution is 0.407. The Labute approximate surface area is 89.9 Å². The van der Waals surface area contributed by atoms with Crippen molar-refractivity contribution in [2.45, 2.75) is 25.2 Å². The molecular formula is C12H17NO2. The van der Waals surface area contributed by atoms with Crippen LogP contribution in [0.5, 0.6) is 11.5 Å². The lowest BCUT2D eigenvalue weighted by Gasteiger charge is -2.17. The van der Waals surface area contributed by atoms with E-state index in [4.69, 9.17) is 10.5 Å². The van der Waals surface area contributed by atoms with Gasteiger partial charge in [-0.1, -0.05) is 0 Å². The number of rotatable bonds is 3. The molecule has 0 amide bonds. The molecule has 1 aliphatic rings. The zero-order valence-corrected chi connectivity index (χ0v) is 9.21. The van der Waals surface area contributed by atoms with Crippen LogP contribution < -0.4 is 10.5 Å². The molecule has 0 radical (unpaired) electrons. The van der Waals surface area contributed by atoms with Gasteiger partial charge in [0.1, 0.15) is 11.5 Å². The molecule has 15 heavy (non-hydrogen) atoms. The lowest BCUT2D eigenvalue weighted by Crippen LogP contribution is -2.20. The first-order chi connectivity index (χ1) is 7.13. The molecule has 0 spiro atoms. The molecule has 0 aliphatic heterocycles. The molecule has 3 nitrogen and oxygen atoms in total. The van der Waals surface area contributed by atoms with Crippen LogP contribution in [0.3, 0.4) is 0 Å². The predicted molar refractivity (Wildman–Crippen MR) is 59.4 cm³/mol. The topological polar surface area (TPSA) is 55.5 Å². The van der Waals surface area contributed by atoms with E-state index in [1.165, 1.54) is 0 Å². The van der Waals surface area contributed by atoms with Gasteiger partial charge in [0.2, 0.25) is 0 Å². The fourth-order valence-corrected chi connectivity index (χ4v) is 2.00. The van der Waals surface area contributed by atoms with E-state index in [2.05, 4.69) is 0 Å². The number of ether oxygens (including phenoxy) is 1. The summed E-state index contributed by atoms with van der Waals surface area (Å²) in [6, 6.07) is 3.74. The average molecular weight is 207 g/mol. The third-order valence-corrected chi connectivity index (χ3v) is 3.33. The van der Waals surface area contributed by atoms with Crippen molar-refractivity contribution in [1.82, 2.24) is 0 Å². The Morgan fingerprint density at radius 3 is 2.60 bits per heavy atom. The molecule has 0 aromatic heterocycles. The summed E-state index contributed by atoms with van der Waals surface area (Å²) in [6.07, 6.45) is 2.12. The predicted octanol–water partition coefficient (Wildman–Crippen LogP) is 1.70. The minimum atomic E-state index is 0.00336. The van der Waals surface area contributed by atoms with E-state index in [1.807, 2.05) is 19.1 Å². The van der Waals surface area contributed by atoms with Crippen molar-refractivity contribution in [3.8, 4) is 11.5 Å².